The molecule has 0 aliphatic heterocycles. The Kier molecular flexibility index (Phi) is 12.2. The van der Waals surface area contributed by atoms with E-state index in [2.05, 4.69) is 46.3 Å². The molecule has 0 fully saturated rings. The number of esters is 1. The van der Waals surface area contributed by atoms with Gasteiger partial charge in [0.15, 0.2) is 0 Å². The number of ether oxygens (including phenoxy) is 2. The summed E-state index contributed by atoms with van der Waals surface area (Å²) in [6, 6.07) is 35.9. The molecule has 0 aliphatic rings. The number of hydrogen-bond acceptors (Lipinski definition) is 6. The summed E-state index contributed by atoms with van der Waals surface area (Å²) in [5.41, 5.74) is 3.54. The number of amides is 2. The third kappa shape index (κ3) is 9.03. The second-order valence-electron chi connectivity index (χ2n) is 14.7. The molecule has 0 spiro atoms. The smallest absolute Gasteiger partial charge is 0.415 e. The molecule has 276 valence electrons. The summed E-state index contributed by atoms with van der Waals surface area (Å²) in [5, 5.41) is 2.93. The lowest BCUT2D eigenvalue weighted by atomic mass is 9.77. The van der Waals surface area contributed by atoms with Gasteiger partial charge in [0.1, 0.15) is 23.2 Å². The quantitative estimate of drug-likeness (QED) is 0.0978. The highest BCUT2D eigenvalue weighted by Gasteiger charge is 2.40. The van der Waals surface area contributed by atoms with Crippen LogP contribution in [-0.2, 0) is 31.0 Å². The molecular weight excluding hydrogens is 665 g/mol. The molecule has 0 aliphatic carbocycles. The van der Waals surface area contributed by atoms with Crippen LogP contribution >= 0.6 is 0 Å². The van der Waals surface area contributed by atoms with Gasteiger partial charge < -0.3 is 19.4 Å². The molecule has 9 nitrogen and oxygen atoms in total. The second-order valence-corrected chi connectivity index (χ2v) is 14.7. The molecular formula is C44H50N4O5. The molecule has 9 heteroatoms. The Hall–Kier alpha value is -5.70. The van der Waals surface area contributed by atoms with Crippen molar-refractivity contribution >= 4 is 23.7 Å². The van der Waals surface area contributed by atoms with Gasteiger partial charge in [0.2, 0.25) is 5.91 Å². The summed E-state index contributed by atoms with van der Waals surface area (Å²) in [4.78, 5) is 47.7. The van der Waals surface area contributed by atoms with Crippen LogP contribution in [0.3, 0.4) is 0 Å². The number of carbonyl (C=O) groups excluding carboxylic acids is 3. The molecule has 1 N–H and O–H groups in total. The van der Waals surface area contributed by atoms with E-state index in [1.807, 2.05) is 93.7 Å². The molecule has 0 saturated carbocycles. The summed E-state index contributed by atoms with van der Waals surface area (Å²) in [7, 11) is 1.29. The minimum atomic E-state index is -1.09. The number of carbonyl (C=O) groups is 3. The summed E-state index contributed by atoms with van der Waals surface area (Å²) in [6.07, 6.45) is 3.39. The Labute approximate surface area is 313 Å². The number of nitrogens with one attached hydrogen (secondary N) is 1. The van der Waals surface area contributed by atoms with Crippen LogP contribution in [0.5, 0.6) is 0 Å². The van der Waals surface area contributed by atoms with E-state index < -0.39 is 41.2 Å². The zero-order chi connectivity index (χ0) is 38.2. The van der Waals surface area contributed by atoms with Gasteiger partial charge in [-0.15, -0.1) is 0 Å². The molecule has 5 aromatic rings. The van der Waals surface area contributed by atoms with E-state index >= 15 is 0 Å². The number of hydrogen-bond donors (Lipinski definition) is 1. The average molecular weight is 715 g/mol. The number of nitrogens with zero attached hydrogens (tertiary/aromatic N) is 3. The molecule has 0 unspecified atom stereocenters. The largest absolute Gasteiger partial charge is 0.467 e. The average Bonchev–Trinajstić information content (AvgIpc) is 3.60. The number of anilines is 1. The Morgan fingerprint density at radius 1 is 0.792 bits per heavy atom. The normalized spacial score (nSPS) is 12.8. The maximum atomic E-state index is 14.4. The first-order valence-corrected chi connectivity index (χ1v) is 18.0. The van der Waals surface area contributed by atoms with E-state index in [1.54, 1.807) is 39.2 Å². The van der Waals surface area contributed by atoms with Crippen molar-refractivity contribution in [2.45, 2.75) is 77.6 Å². The Morgan fingerprint density at radius 3 is 1.75 bits per heavy atom. The van der Waals surface area contributed by atoms with E-state index in [-0.39, 0.29) is 12.3 Å². The van der Waals surface area contributed by atoms with E-state index in [0.717, 1.165) is 22.3 Å². The van der Waals surface area contributed by atoms with E-state index in [4.69, 9.17) is 14.5 Å². The van der Waals surface area contributed by atoms with Crippen molar-refractivity contribution in [2.75, 3.05) is 12.0 Å². The monoisotopic (exact) mass is 714 g/mol. The predicted molar refractivity (Wildman–Crippen MR) is 208 cm³/mol. The second kappa shape index (κ2) is 16.8. The molecule has 1 heterocycles. The summed E-state index contributed by atoms with van der Waals surface area (Å²) < 4.78 is 13.1. The number of methoxy groups -OCH3 is 1. The van der Waals surface area contributed by atoms with E-state index in [0.29, 0.717) is 17.8 Å². The third-order valence-electron chi connectivity index (χ3n) is 9.02. The van der Waals surface area contributed by atoms with Gasteiger partial charge in [0.05, 0.1) is 19.1 Å². The fraction of sp³-hybridized carbons (Fsp3) is 0.318. The standard InChI is InChI=1S/C44H50N4O5/c1-31(2)27-39(48(42(51)53-43(4,5)6)37-25-23-32(3)24-26-37)40(49)46-38(41(50)52-7)28-36-29-47(30-45-36)44(33-17-11-8-12-18-33,34-19-13-9-14-20-34)35-21-15-10-16-22-35/h8-26,29-31,38-39H,27-28H2,1-7H3,(H,46,49)/t38-,39-/m0/s1. The summed E-state index contributed by atoms with van der Waals surface area (Å²) >= 11 is 0. The summed E-state index contributed by atoms with van der Waals surface area (Å²) in [6.45, 7) is 11.3. The van der Waals surface area contributed by atoms with Crippen molar-refractivity contribution in [1.29, 1.82) is 0 Å². The van der Waals surface area contributed by atoms with Gasteiger partial charge in [-0.05, 0) is 68.9 Å². The zero-order valence-electron chi connectivity index (χ0n) is 31.7. The lowest BCUT2D eigenvalue weighted by Crippen LogP contribution is -2.55. The minimum absolute atomic E-state index is 0.0236. The van der Waals surface area contributed by atoms with Crippen LogP contribution in [0.2, 0.25) is 0 Å². The van der Waals surface area contributed by atoms with Crippen LogP contribution in [0.1, 0.15) is 69.0 Å². The van der Waals surface area contributed by atoms with Gasteiger partial charge in [0.25, 0.3) is 0 Å². The third-order valence-corrected chi connectivity index (χ3v) is 9.02. The molecule has 1 aromatic heterocycles. The van der Waals surface area contributed by atoms with Crippen LogP contribution in [0.25, 0.3) is 0 Å². The van der Waals surface area contributed by atoms with Gasteiger partial charge in [-0.25, -0.2) is 14.6 Å². The van der Waals surface area contributed by atoms with E-state index in [9.17, 15) is 14.4 Å². The molecule has 4 aromatic carbocycles. The number of aromatic nitrogens is 2. The molecule has 53 heavy (non-hydrogen) atoms. The minimum Gasteiger partial charge on any atom is -0.467 e. The number of aryl methyl sites for hydroxylation is 1. The fourth-order valence-electron chi connectivity index (χ4n) is 6.66. The lowest BCUT2D eigenvalue weighted by molar-refractivity contribution is -0.145. The van der Waals surface area contributed by atoms with Gasteiger partial charge in [-0.1, -0.05) is 123 Å². The first-order valence-electron chi connectivity index (χ1n) is 18.0. The molecule has 5 rings (SSSR count). The van der Waals surface area contributed by atoms with Crippen molar-refractivity contribution in [3.63, 3.8) is 0 Å². The highest BCUT2D eigenvalue weighted by Crippen LogP contribution is 2.41. The fourth-order valence-corrected chi connectivity index (χ4v) is 6.66. The van der Waals surface area contributed by atoms with Crippen molar-refractivity contribution in [1.82, 2.24) is 14.9 Å². The van der Waals surface area contributed by atoms with Crippen LogP contribution in [-0.4, -0.2) is 52.3 Å². The van der Waals surface area contributed by atoms with Gasteiger partial charge in [0, 0.05) is 18.3 Å². The molecule has 0 radical (unpaired) electrons. The van der Waals surface area contributed by atoms with Gasteiger partial charge in [-0.2, -0.15) is 0 Å². The number of benzene rings is 4. The highest BCUT2D eigenvalue weighted by atomic mass is 16.6. The van der Waals surface area contributed by atoms with Crippen LogP contribution < -0.4 is 10.2 Å². The Morgan fingerprint density at radius 2 is 1.30 bits per heavy atom. The topological polar surface area (TPSA) is 103 Å². The number of rotatable bonds is 13. The maximum Gasteiger partial charge on any atom is 0.415 e. The van der Waals surface area contributed by atoms with Crippen LogP contribution in [0, 0.1) is 12.8 Å². The van der Waals surface area contributed by atoms with Crippen molar-refractivity contribution < 1.29 is 23.9 Å². The lowest BCUT2D eigenvalue weighted by Gasteiger charge is -2.37. The van der Waals surface area contributed by atoms with Gasteiger partial charge >= 0.3 is 12.1 Å². The SMILES string of the molecule is COC(=O)[C@H](Cc1cn(C(c2ccccc2)(c2ccccc2)c2ccccc2)cn1)NC(=O)[C@H](CC(C)C)N(C(=O)OC(C)(C)C)c1ccc(C)cc1. The Balaban J connectivity index is 1.53. The van der Waals surface area contributed by atoms with Gasteiger partial charge in [-0.3, -0.25) is 9.69 Å². The highest BCUT2D eigenvalue weighted by molar-refractivity contribution is 5.98. The summed E-state index contributed by atoms with van der Waals surface area (Å²) in [5.74, 6) is -1.11. The molecule has 2 atom stereocenters. The van der Waals surface area contributed by atoms with E-state index in [1.165, 1.54) is 12.0 Å². The molecule has 2 amide bonds. The molecule has 0 saturated heterocycles. The van der Waals surface area contributed by atoms with Crippen LogP contribution in [0.15, 0.2) is 128 Å². The van der Waals surface area contributed by atoms with Crippen LogP contribution in [0.4, 0.5) is 10.5 Å². The Bertz CT molecular complexity index is 1860. The first kappa shape index (κ1) is 38.5. The van der Waals surface area contributed by atoms with Crippen molar-refractivity contribution in [3.8, 4) is 0 Å². The first-order chi connectivity index (χ1) is 25.3. The predicted octanol–water partition coefficient (Wildman–Crippen LogP) is 8.09. The number of imidazole rings is 1. The van der Waals surface area contributed by atoms with Crippen molar-refractivity contribution in [3.05, 3.63) is 156 Å². The van der Waals surface area contributed by atoms with Crippen molar-refractivity contribution in [2.24, 2.45) is 5.92 Å². The zero-order valence-corrected chi connectivity index (χ0v) is 31.7. The maximum absolute atomic E-state index is 14.4. The molecule has 0 bridgehead atoms.